The van der Waals surface area contributed by atoms with E-state index in [1.165, 1.54) is 6.20 Å². The number of halogens is 1. The average molecular weight is 309 g/mol. The van der Waals surface area contributed by atoms with E-state index in [-0.39, 0.29) is 5.91 Å². The fourth-order valence-corrected chi connectivity index (χ4v) is 1.90. The molecule has 0 aromatic carbocycles. The average Bonchev–Trinajstić information content (AvgIpc) is 2.67. The van der Waals surface area contributed by atoms with Gasteiger partial charge in [0.05, 0.1) is 11.8 Å². The van der Waals surface area contributed by atoms with E-state index >= 15 is 0 Å². The van der Waals surface area contributed by atoms with E-state index in [0.717, 1.165) is 15.7 Å². The lowest BCUT2D eigenvalue weighted by atomic mass is 10.2. The van der Waals surface area contributed by atoms with Gasteiger partial charge < -0.3 is 5.32 Å². The highest BCUT2D eigenvalue weighted by atomic mass is 79.9. The molecule has 6 heteroatoms. The summed E-state index contributed by atoms with van der Waals surface area (Å²) >= 11 is 3.29. The van der Waals surface area contributed by atoms with E-state index in [1.807, 2.05) is 14.0 Å². The molecule has 1 amide bonds. The van der Waals surface area contributed by atoms with Gasteiger partial charge in [-0.1, -0.05) is 0 Å². The zero-order valence-corrected chi connectivity index (χ0v) is 11.7. The molecule has 1 N–H and O–H groups in total. The first-order chi connectivity index (χ1) is 8.58. The maximum absolute atomic E-state index is 11.9. The molecule has 18 heavy (non-hydrogen) atoms. The minimum Gasteiger partial charge on any atom is -0.348 e. The number of amides is 1. The molecule has 0 radical (unpaired) electrons. The van der Waals surface area contributed by atoms with Crippen molar-refractivity contribution in [3.63, 3.8) is 0 Å². The van der Waals surface area contributed by atoms with Crippen LogP contribution in [-0.2, 0) is 13.6 Å². The van der Waals surface area contributed by atoms with Gasteiger partial charge in [0, 0.05) is 41.7 Å². The predicted molar refractivity (Wildman–Crippen MR) is 71.1 cm³/mol. The third-order valence-electron chi connectivity index (χ3n) is 2.74. The summed E-state index contributed by atoms with van der Waals surface area (Å²) in [7, 11) is 1.87. The quantitative estimate of drug-likeness (QED) is 0.941. The summed E-state index contributed by atoms with van der Waals surface area (Å²) < 4.78 is 2.56. The normalized spacial score (nSPS) is 10.4. The van der Waals surface area contributed by atoms with Crippen LogP contribution >= 0.6 is 15.9 Å². The highest BCUT2D eigenvalue weighted by Crippen LogP contribution is 2.10. The van der Waals surface area contributed by atoms with Gasteiger partial charge in [0.15, 0.2) is 0 Å². The van der Waals surface area contributed by atoms with Crippen molar-refractivity contribution in [2.75, 3.05) is 0 Å². The van der Waals surface area contributed by atoms with Crippen LogP contribution in [0.2, 0.25) is 0 Å². The molecule has 2 heterocycles. The van der Waals surface area contributed by atoms with E-state index < -0.39 is 0 Å². The second-order valence-electron chi connectivity index (χ2n) is 3.95. The molecule has 5 nitrogen and oxygen atoms in total. The summed E-state index contributed by atoms with van der Waals surface area (Å²) in [6.07, 6.45) is 4.94. The molecule has 94 valence electrons. The molecule has 2 aromatic rings. The molecule has 0 unspecified atom stereocenters. The molecule has 0 saturated heterocycles. The summed E-state index contributed by atoms with van der Waals surface area (Å²) in [5.41, 5.74) is 2.59. The molecule has 0 saturated carbocycles. The Bertz CT molecular complexity index is 579. The Morgan fingerprint density at radius 1 is 1.44 bits per heavy atom. The van der Waals surface area contributed by atoms with Crippen molar-refractivity contribution in [2.24, 2.45) is 7.05 Å². The highest BCUT2D eigenvalue weighted by molar-refractivity contribution is 9.10. The monoisotopic (exact) mass is 308 g/mol. The van der Waals surface area contributed by atoms with Gasteiger partial charge >= 0.3 is 0 Å². The molecular formula is C12H13BrN4O. The number of hydrogen-bond acceptors (Lipinski definition) is 3. The molecule has 0 fully saturated rings. The molecule has 0 spiro atoms. The van der Waals surface area contributed by atoms with Crippen LogP contribution in [0.25, 0.3) is 0 Å². The molecule has 2 rings (SSSR count). The fraction of sp³-hybridized carbons (Fsp3) is 0.250. The minimum atomic E-state index is -0.146. The lowest BCUT2D eigenvalue weighted by molar-refractivity contribution is 0.0950. The van der Waals surface area contributed by atoms with Gasteiger partial charge in [-0.25, -0.2) is 0 Å². The van der Waals surface area contributed by atoms with Crippen LogP contribution in [0.4, 0.5) is 0 Å². The standard InChI is InChI=1S/C12H13BrN4O/c1-8-10(6-16-17(8)2)5-15-12(18)9-3-11(13)7-14-4-9/h3-4,6-7H,5H2,1-2H3,(H,15,18). The second-order valence-corrected chi connectivity index (χ2v) is 4.87. The number of pyridine rings is 1. The van der Waals surface area contributed by atoms with E-state index in [2.05, 4.69) is 31.3 Å². The van der Waals surface area contributed by atoms with Crippen LogP contribution in [0.15, 0.2) is 29.1 Å². The van der Waals surface area contributed by atoms with Crippen LogP contribution in [0.3, 0.4) is 0 Å². The number of carbonyl (C=O) groups is 1. The lowest BCUT2D eigenvalue weighted by Crippen LogP contribution is -2.23. The summed E-state index contributed by atoms with van der Waals surface area (Å²) in [5.74, 6) is -0.146. The second kappa shape index (κ2) is 5.30. The number of hydrogen-bond donors (Lipinski definition) is 1. The van der Waals surface area contributed by atoms with Crippen LogP contribution in [0.5, 0.6) is 0 Å². The number of nitrogens with one attached hydrogen (secondary N) is 1. The molecular weight excluding hydrogens is 296 g/mol. The van der Waals surface area contributed by atoms with Crippen molar-refractivity contribution in [3.05, 3.63) is 46.0 Å². The minimum absolute atomic E-state index is 0.146. The number of aryl methyl sites for hydroxylation is 1. The van der Waals surface area contributed by atoms with E-state index in [9.17, 15) is 4.79 Å². The van der Waals surface area contributed by atoms with Crippen molar-refractivity contribution >= 4 is 21.8 Å². The molecule has 0 aliphatic carbocycles. The van der Waals surface area contributed by atoms with Gasteiger partial charge in [-0.05, 0) is 28.9 Å². The molecule has 0 aliphatic rings. The molecule has 0 bridgehead atoms. The van der Waals surface area contributed by atoms with Crippen molar-refractivity contribution in [3.8, 4) is 0 Å². The lowest BCUT2D eigenvalue weighted by Gasteiger charge is -2.05. The Kier molecular flexibility index (Phi) is 3.76. The SMILES string of the molecule is Cc1c(CNC(=O)c2cncc(Br)c2)cnn1C. The van der Waals surface area contributed by atoms with Crippen LogP contribution in [0, 0.1) is 6.92 Å². The van der Waals surface area contributed by atoms with Crippen LogP contribution in [-0.4, -0.2) is 20.7 Å². The maximum atomic E-state index is 11.9. The van der Waals surface area contributed by atoms with Crippen molar-refractivity contribution < 1.29 is 4.79 Å². The van der Waals surface area contributed by atoms with Gasteiger partial charge in [0.2, 0.25) is 0 Å². The van der Waals surface area contributed by atoms with Gasteiger partial charge in [-0.15, -0.1) is 0 Å². The Labute approximate surface area is 113 Å². The van der Waals surface area contributed by atoms with Crippen LogP contribution < -0.4 is 5.32 Å². The first-order valence-electron chi connectivity index (χ1n) is 5.44. The van der Waals surface area contributed by atoms with Crippen LogP contribution in [0.1, 0.15) is 21.6 Å². The third-order valence-corrected chi connectivity index (χ3v) is 3.18. The van der Waals surface area contributed by atoms with E-state index in [0.29, 0.717) is 12.1 Å². The first-order valence-corrected chi connectivity index (χ1v) is 6.23. The summed E-state index contributed by atoms with van der Waals surface area (Å²) in [6.45, 7) is 2.43. The van der Waals surface area contributed by atoms with Gasteiger partial charge in [-0.2, -0.15) is 5.10 Å². The Morgan fingerprint density at radius 3 is 2.83 bits per heavy atom. The van der Waals surface area contributed by atoms with E-state index in [1.54, 1.807) is 23.1 Å². The Hall–Kier alpha value is -1.69. The fourth-order valence-electron chi connectivity index (χ4n) is 1.53. The number of aromatic nitrogens is 3. The van der Waals surface area contributed by atoms with Crippen molar-refractivity contribution in [1.82, 2.24) is 20.1 Å². The molecule has 0 atom stereocenters. The van der Waals surface area contributed by atoms with Crippen molar-refractivity contribution in [1.29, 1.82) is 0 Å². The maximum Gasteiger partial charge on any atom is 0.253 e. The summed E-state index contributed by atoms with van der Waals surface area (Å²) in [6, 6.07) is 1.73. The molecule has 2 aromatic heterocycles. The van der Waals surface area contributed by atoms with Gasteiger partial charge in [0.1, 0.15) is 0 Å². The zero-order valence-electron chi connectivity index (χ0n) is 10.1. The zero-order chi connectivity index (χ0) is 13.1. The van der Waals surface area contributed by atoms with Crippen molar-refractivity contribution in [2.45, 2.75) is 13.5 Å². The summed E-state index contributed by atoms with van der Waals surface area (Å²) in [4.78, 5) is 15.8. The molecule has 0 aliphatic heterocycles. The predicted octanol–water partition coefficient (Wildman–Crippen LogP) is 1.82. The highest BCUT2D eigenvalue weighted by Gasteiger charge is 2.08. The first kappa shape index (κ1) is 12.8. The smallest absolute Gasteiger partial charge is 0.253 e. The largest absolute Gasteiger partial charge is 0.348 e. The number of nitrogens with zero attached hydrogens (tertiary/aromatic N) is 3. The topological polar surface area (TPSA) is 59.8 Å². The number of rotatable bonds is 3. The number of carbonyl (C=O) groups excluding carboxylic acids is 1. The Morgan fingerprint density at radius 2 is 2.22 bits per heavy atom. The summed E-state index contributed by atoms with van der Waals surface area (Å²) in [5, 5.41) is 6.97. The van der Waals surface area contributed by atoms with E-state index in [4.69, 9.17) is 0 Å². The Balaban J connectivity index is 2.03. The van der Waals surface area contributed by atoms with Gasteiger partial charge in [0.25, 0.3) is 5.91 Å². The van der Waals surface area contributed by atoms with Gasteiger partial charge in [-0.3, -0.25) is 14.5 Å². The third kappa shape index (κ3) is 2.76.